The summed E-state index contributed by atoms with van der Waals surface area (Å²) in [5.41, 5.74) is 2.68. The van der Waals surface area contributed by atoms with Gasteiger partial charge in [-0.2, -0.15) is 13.2 Å². The van der Waals surface area contributed by atoms with Crippen LogP contribution in [0.2, 0.25) is 0 Å². The molecule has 1 aliphatic rings. The van der Waals surface area contributed by atoms with Gasteiger partial charge in [0.05, 0.1) is 5.56 Å². The second-order valence-corrected chi connectivity index (χ2v) is 7.97. The van der Waals surface area contributed by atoms with Crippen LogP contribution in [0.4, 0.5) is 22.0 Å². The molecule has 6 heteroatoms. The maximum absolute atomic E-state index is 13.4. The Kier molecular flexibility index (Phi) is 6.42. The predicted molar refractivity (Wildman–Crippen MR) is 115 cm³/mol. The van der Waals surface area contributed by atoms with Gasteiger partial charge in [0.2, 0.25) is 0 Å². The van der Waals surface area contributed by atoms with Crippen molar-refractivity contribution >= 4 is 5.57 Å². The lowest BCUT2D eigenvalue weighted by Gasteiger charge is -2.31. The first-order chi connectivity index (χ1) is 15.3. The summed E-state index contributed by atoms with van der Waals surface area (Å²) >= 11 is 0. The number of alkyl halides is 3. The molecule has 0 unspecified atom stereocenters. The van der Waals surface area contributed by atoms with Crippen molar-refractivity contribution in [3.05, 3.63) is 113 Å². The van der Waals surface area contributed by atoms with Crippen LogP contribution in [0.25, 0.3) is 5.57 Å². The zero-order valence-electron chi connectivity index (χ0n) is 17.2. The Balaban J connectivity index is 1.53. The van der Waals surface area contributed by atoms with E-state index in [1.165, 1.54) is 36.4 Å². The van der Waals surface area contributed by atoms with Crippen molar-refractivity contribution < 1.29 is 22.0 Å². The Morgan fingerprint density at radius 3 is 1.91 bits per heavy atom. The lowest BCUT2D eigenvalue weighted by molar-refractivity contribution is -0.137. The molecule has 0 atom stereocenters. The van der Waals surface area contributed by atoms with E-state index in [-0.39, 0.29) is 17.6 Å². The smallest absolute Gasteiger partial charge is 0.298 e. The van der Waals surface area contributed by atoms with Crippen molar-refractivity contribution in [1.29, 1.82) is 0 Å². The third-order valence-electron chi connectivity index (χ3n) is 5.84. The second kappa shape index (κ2) is 9.25. The van der Waals surface area contributed by atoms with E-state index < -0.39 is 11.7 Å². The fourth-order valence-corrected chi connectivity index (χ4v) is 4.09. The fourth-order valence-electron chi connectivity index (χ4n) is 4.09. The Hall–Kier alpha value is -2.99. The van der Waals surface area contributed by atoms with Crippen molar-refractivity contribution in [1.82, 2.24) is 4.90 Å². The summed E-state index contributed by atoms with van der Waals surface area (Å²) in [6.45, 7) is 1.90. The molecule has 1 nitrogen and oxygen atoms in total. The monoisotopic (exact) mass is 443 g/mol. The van der Waals surface area contributed by atoms with Crippen LogP contribution in [0.15, 0.2) is 78.9 Å². The summed E-state index contributed by atoms with van der Waals surface area (Å²) < 4.78 is 66.0. The summed E-state index contributed by atoms with van der Waals surface area (Å²) in [6, 6.07) is 18.0. The van der Waals surface area contributed by atoms with Crippen LogP contribution in [-0.2, 0) is 6.18 Å². The lowest BCUT2D eigenvalue weighted by Crippen LogP contribution is -2.33. The zero-order valence-corrected chi connectivity index (χ0v) is 17.2. The highest BCUT2D eigenvalue weighted by molar-refractivity contribution is 5.67. The maximum atomic E-state index is 13.4. The molecule has 3 aromatic rings. The summed E-state index contributed by atoms with van der Waals surface area (Å²) in [5, 5.41) is 0. The van der Waals surface area contributed by atoms with Crippen molar-refractivity contribution in [2.24, 2.45) is 0 Å². The van der Waals surface area contributed by atoms with E-state index >= 15 is 0 Å². The predicted octanol–water partition coefficient (Wildman–Crippen LogP) is 6.90. The third-order valence-corrected chi connectivity index (χ3v) is 5.84. The Labute approximate surface area is 183 Å². The largest absolute Gasteiger partial charge is 0.416 e. The first-order valence-electron chi connectivity index (χ1n) is 10.4. The molecule has 0 N–H and O–H groups in total. The molecule has 0 saturated carbocycles. The van der Waals surface area contributed by atoms with Gasteiger partial charge in [0.25, 0.3) is 0 Å². The van der Waals surface area contributed by atoms with Gasteiger partial charge in [0.15, 0.2) is 0 Å². The van der Waals surface area contributed by atoms with Crippen LogP contribution in [0.1, 0.15) is 34.6 Å². The van der Waals surface area contributed by atoms with Gasteiger partial charge in [-0.25, -0.2) is 8.78 Å². The second-order valence-electron chi connectivity index (χ2n) is 7.97. The van der Waals surface area contributed by atoms with Crippen LogP contribution < -0.4 is 0 Å². The normalized spacial score (nSPS) is 15.1. The number of nitrogens with zero attached hydrogens (tertiary/aromatic N) is 1. The van der Waals surface area contributed by atoms with Gasteiger partial charge in [-0.15, -0.1) is 0 Å². The van der Waals surface area contributed by atoms with E-state index in [1.54, 1.807) is 30.3 Å². The zero-order chi connectivity index (χ0) is 22.7. The summed E-state index contributed by atoms with van der Waals surface area (Å²) in [6.07, 6.45) is -1.78. The molecule has 0 amide bonds. The number of rotatable bonds is 5. The van der Waals surface area contributed by atoms with Crippen LogP contribution in [-0.4, -0.2) is 24.5 Å². The average Bonchev–Trinajstić information content (AvgIpc) is 2.79. The van der Waals surface area contributed by atoms with Gasteiger partial charge >= 0.3 is 6.18 Å². The molecule has 32 heavy (non-hydrogen) atoms. The average molecular weight is 443 g/mol. The van der Waals surface area contributed by atoms with Crippen molar-refractivity contribution in [3.8, 4) is 0 Å². The van der Waals surface area contributed by atoms with Crippen LogP contribution in [0, 0.1) is 11.6 Å². The number of hydrogen-bond donors (Lipinski definition) is 0. The molecule has 3 aromatic carbocycles. The van der Waals surface area contributed by atoms with Crippen molar-refractivity contribution in [2.75, 3.05) is 19.6 Å². The molecule has 4 rings (SSSR count). The van der Waals surface area contributed by atoms with E-state index in [4.69, 9.17) is 0 Å². The molecule has 0 aliphatic carbocycles. The molecule has 1 aliphatic heterocycles. The van der Waals surface area contributed by atoms with Gasteiger partial charge in [0.1, 0.15) is 11.6 Å². The van der Waals surface area contributed by atoms with Gasteiger partial charge in [0, 0.05) is 25.6 Å². The Bertz CT molecular complexity index is 1040. The highest BCUT2D eigenvalue weighted by atomic mass is 19.4. The van der Waals surface area contributed by atoms with E-state index in [1.807, 2.05) is 6.08 Å². The van der Waals surface area contributed by atoms with E-state index in [0.29, 0.717) is 31.6 Å². The van der Waals surface area contributed by atoms with E-state index in [2.05, 4.69) is 4.90 Å². The minimum Gasteiger partial charge on any atom is -0.298 e. The molecule has 0 aromatic heterocycles. The first-order valence-corrected chi connectivity index (χ1v) is 10.4. The molecule has 0 radical (unpaired) electrons. The van der Waals surface area contributed by atoms with Gasteiger partial charge in [-0.3, -0.25) is 4.90 Å². The minimum absolute atomic E-state index is 0.0836. The van der Waals surface area contributed by atoms with Crippen LogP contribution in [0.3, 0.4) is 0 Å². The molecule has 0 bridgehead atoms. The number of halogens is 5. The number of hydrogen-bond acceptors (Lipinski definition) is 1. The van der Waals surface area contributed by atoms with Crippen molar-refractivity contribution in [2.45, 2.75) is 18.5 Å². The molecule has 166 valence electrons. The van der Waals surface area contributed by atoms with Gasteiger partial charge in [-0.1, -0.05) is 42.5 Å². The SMILES string of the molecule is Fc1ccc(C(CN2CC=C(c3cccc(C(F)(F)F)c3)CC2)c2ccc(F)cc2)cc1. The molecule has 0 fully saturated rings. The quantitative estimate of drug-likeness (QED) is 0.388. The van der Waals surface area contributed by atoms with E-state index in [0.717, 1.165) is 22.8 Å². The first kappa shape index (κ1) is 22.2. The van der Waals surface area contributed by atoms with Gasteiger partial charge < -0.3 is 0 Å². The molecule has 0 spiro atoms. The van der Waals surface area contributed by atoms with Crippen molar-refractivity contribution in [3.63, 3.8) is 0 Å². The third kappa shape index (κ3) is 5.25. The Morgan fingerprint density at radius 1 is 0.812 bits per heavy atom. The molecular formula is C26H22F5N. The van der Waals surface area contributed by atoms with Crippen LogP contribution >= 0.6 is 0 Å². The highest BCUT2D eigenvalue weighted by Gasteiger charge is 2.30. The summed E-state index contributed by atoms with van der Waals surface area (Å²) in [4.78, 5) is 2.20. The standard InChI is InChI=1S/C26H22F5N/c27-23-8-4-19(5-9-23)25(20-6-10-24(28)11-7-20)17-32-14-12-18(13-15-32)21-2-1-3-22(16-21)26(29,30)31/h1-12,16,25H,13-15,17H2. The molecule has 1 heterocycles. The topological polar surface area (TPSA) is 3.24 Å². The Morgan fingerprint density at radius 2 is 1.41 bits per heavy atom. The number of benzene rings is 3. The minimum atomic E-state index is -4.37. The van der Waals surface area contributed by atoms with Crippen LogP contribution in [0.5, 0.6) is 0 Å². The maximum Gasteiger partial charge on any atom is 0.416 e. The van der Waals surface area contributed by atoms with E-state index in [9.17, 15) is 22.0 Å². The fraction of sp³-hybridized carbons (Fsp3) is 0.231. The highest BCUT2D eigenvalue weighted by Crippen LogP contribution is 2.33. The molecule has 0 saturated heterocycles. The summed E-state index contributed by atoms with van der Waals surface area (Å²) in [7, 11) is 0. The molecular weight excluding hydrogens is 421 g/mol. The lowest BCUT2D eigenvalue weighted by atomic mass is 9.90. The summed E-state index contributed by atoms with van der Waals surface area (Å²) in [5.74, 6) is -0.726. The van der Waals surface area contributed by atoms with Gasteiger partial charge in [-0.05, 0) is 65.1 Å².